The fourth-order valence-corrected chi connectivity index (χ4v) is 3.53. The van der Waals surface area contributed by atoms with Gasteiger partial charge in [0, 0.05) is 0 Å². The van der Waals surface area contributed by atoms with Gasteiger partial charge in [0.25, 0.3) is 0 Å². The number of halogens is 1. The van der Waals surface area contributed by atoms with E-state index < -0.39 is 0 Å². The molecule has 3 nitrogen and oxygen atoms in total. The molecule has 1 aliphatic heterocycles. The minimum atomic E-state index is -0.00674. The summed E-state index contributed by atoms with van der Waals surface area (Å²) in [5.74, 6) is -0.00674. The molecule has 1 N–H and O–H groups in total. The van der Waals surface area contributed by atoms with Crippen molar-refractivity contribution < 1.29 is 26.3 Å². The number of carbonyl (C=O) groups excluding carboxylic acids is 1. The van der Waals surface area contributed by atoms with Gasteiger partial charge in [0.2, 0.25) is 0 Å². The molecule has 0 unspecified atom stereocenters. The topological polar surface area (TPSA) is 32.3 Å². The molecule has 0 radical (unpaired) electrons. The van der Waals surface area contributed by atoms with Gasteiger partial charge in [-0.1, -0.05) is 0 Å². The summed E-state index contributed by atoms with van der Waals surface area (Å²) in [6.45, 7) is 2.68. The van der Waals surface area contributed by atoms with Crippen LogP contribution in [0, 0.1) is 0 Å². The van der Waals surface area contributed by atoms with E-state index in [0.29, 0.717) is 0 Å². The number of nitrogens with zero attached hydrogens (tertiary/aromatic N) is 1. The normalized spacial score (nSPS) is 14.1. The van der Waals surface area contributed by atoms with E-state index in [2.05, 4.69) is 25.5 Å². The number of hydrogen-bond acceptors (Lipinski definition) is 2. The molecule has 0 fully saturated rings. The van der Waals surface area contributed by atoms with Crippen molar-refractivity contribution in [1.29, 1.82) is 0 Å². The van der Waals surface area contributed by atoms with Crippen molar-refractivity contribution in [3.63, 3.8) is 0 Å². The number of nitrogens with one attached hydrogen (secondary N) is 1. The summed E-state index contributed by atoms with van der Waals surface area (Å²) < 4.78 is 2.46. The number of alkyl halides is 1. The van der Waals surface area contributed by atoms with E-state index in [1.807, 2.05) is 6.07 Å². The molecule has 0 saturated heterocycles. The molecule has 1 heterocycles. The molecule has 2 rings (SSSR count). The molecular weight excluding hydrogens is 303 g/mol. The number of fused-ring (bicyclic) bond motifs is 1. The minimum absolute atomic E-state index is 0.00674. The first-order valence-electron chi connectivity index (χ1n) is 4.88. The van der Waals surface area contributed by atoms with Crippen LogP contribution in [-0.4, -0.2) is 17.4 Å². The van der Waals surface area contributed by atoms with E-state index in [1.54, 1.807) is 0 Å². The molecule has 0 aliphatic carbocycles. The number of rotatable bonds is 2. The molecule has 1 aromatic carbocycles. The van der Waals surface area contributed by atoms with E-state index in [4.69, 9.17) is 0 Å². The first-order valence-corrected chi connectivity index (χ1v) is 8.00. The fourth-order valence-electron chi connectivity index (χ4n) is 1.82. The van der Waals surface area contributed by atoms with Crippen molar-refractivity contribution in [3.8, 4) is 0 Å². The van der Waals surface area contributed by atoms with Crippen LogP contribution in [0.25, 0.3) is 0 Å². The summed E-state index contributed by atoms with van der Waals surface area (Å²) in [5, 5.41) is 2.82. The van der Waals surface area contributed by atoms with E-state index in [1.165, 1.54) is 18.2 Å². The van der Waals surface area contributed by atoms with Crippen LogP contribution in [0.4, 0.5) is 11.4 Å². The van der Waals surface area contributed by atoms with E-state index in [9.17, 15) is 4.79 Å². The maximum atomic E-state index is 10.9. The Morgan fingerprint density at radius 1 is 1.53 bits per heavy atom. The zero-order chi connectivity index (χ0) is 10.8. The van der Waals surface area contributed by atoms with Crippen molar-refractivity contribution in [1.82, 2.24) is 0 Å². The van der Waals surface area contributed by atoms with Gasteiger partial charge >= 0.3 is 101 Å². The monoisotopic (exact) mass is 317 g/mol. The first kappa shape index (κ1) is 10.7. The zero-order valence-electron chi connectivity index (χ0n) is 8.88. The summed E-state index contributed by atoms with van der Waals surface area (Å²) in [4.78, 5) is 13.2. The molecule has 0 aromatic heterocycles. The number of anilines is 2. The predicted molar refractivity (Wildman–Crippen MR) is 57.7 cm³/mol. The quantitative estimate of drug-likeness (QED) is 0.415. The Bertz CT molecular complexity index is 392. The molecule has 15 heavy (non-hydrogen) atoms. The van der Waals surface area contributed by atoms with Gasteiger partial charge < -0.3 is 0 Å². The molecule has 1 amide bonds. The van der Waals surface area contributed by atoms with E-state index >= 15 is 0 Å². The molecule has 0 bridgehead atoms. The van der Waals surface area contributed by atoms with Crippen LogP contribution in [0.5, 0.6) is 0 Å². The van der Waals surface area contributed by atoms with Crippen LogP contribution in [0.3, 0.4) is 0 Å². The van der Waals surface area contributed by atoms with Crippen LogP contribution in [0.15, 0.2) is 18.2 Å². The van der Waals surface area contributed by atoms with Crippen molar-refractivity contribution >= 4 is 17.3 Å². The molecule has 0 saturated carbocycles. The Morgan fingerprint density at radius 2 is 2.33 bits per heavy atom. The van der Waals surface area contributed by atoms with Crippen LogP contribution >= 0.6 is 0 Å². The molecule has 1 aliphatic rings. The predicted octanol–water partition coefficient (Wildman–Crippen LogP) is -1.36. The van der Waals surface area contributed by atoms with Crippen LogP contribution in [-0.2, 0) is 11.2 Å². The second kappa shape index (κ2) is 4.38. The molecule has 82 valence electrons. The Labute approximate surface area is 100 Å². The average Bonchev–Trinajstić information content (AvgIpc) is 2.58. The third kappa shape index (κ3) is 2.25. The number of hydrogen-bond donors (Lipinski definition) is 1. The van der Waals surface area contributed by atoms with Crippen molar-refractivity contribution in [2.24, 2.45) is 0 Å². The van der Waals surface area contributed by atoms with Gasteiger partial charge in [0.05, 0.1) is 0 Å². The summed E-state index contributed by atoms with van der Waals surface area (Å²) in [6.07, 6.45) is 1.11. The Balaban J connectivity index is 2.25. The number of amides is 1. The van der Waals surface area contributed by atoms with Crippen molar-refractivity contribution in [2.75, 3.05) is 19.9 Å². The van der Waals surface area contributed by atoms with Gasteiger partial charge in [-0.15, -0.1) is 0 Å². The maximum absolute atomic E-state index is 10.9. The van der Waals surface area contributed by atoms with Gasteiger partial charge in [-0.05, 0) is 0 Å². The standard InChI is InChI=1S/C11H14IN2O/c1-8(15)13-10-3-4-11-9(7-10)5-6-14(11)12-2/h3-4,7H,5-6H2,1-2H3,(H,13,15)/q-1. The van der Waals surface area contributed by atoms with Gasteiger partial charge in [0.15, 0.2) is 0 Å². The molecular formula is C11H14IN2O-. The second-order valence-electron chi connectivity index (χ2n) is 3.53. The summed E-state index contributed by atoms with van der Waals surface area (Å²) in [5.41, 5.74) is 3.64. The summed E-state index contributed by atoms with van der Waals surface area (Å²) in [6, 6.07) is 6.20. The summed E-state index contributed by atoms with van der Waals surface area (Å²) in [7, 11) is 0. The van der Waals surface area contributed by atoms with E-state index in [0.717, 1.165) is 18.7 Å². The Morgan fingerprint density at radius 3 is 3.00 bits per heavy atom. The Kier molecular flexibility index (Phi) is 3.14. The first-order chi connectivity index (χ1) is 7.20. The SMILES string of the molecule is C[I-]N1CCc2cc(NC(C)=O)ccc21. The zero-order valence-corrected chi connectivity index (χ0v) is 11.0. The summed E-state index contributed by atoms with van der Waals surface area (Å²) >= 11 is 0.134. The average molecular weight is 317 g/mol. The van der Waals surface area contributed by atoms with Gasteiger partial charge in [-0.25, -0.2) is 0 Å². The Hall–Kier alpha value is -0.780. The number of carbonyl (C=O) groups is 1. The molecule has 4 heteroatoms. The molecule has 1 aromatic rings. The van der Waals surface area contributed by atoms with Crippen LogP contribution in [0.1, 0.15) is 12.5 Å². The third-order valence-corrected chi connectivity index (χ3v) is 4.61. The van der Waals surface area contributed by atoms with Crippen molar-refractivity contribution in [3.05, 3.63) is 23.8 Å². The van der Waals surface area contributed by atoms with Gasteiger partial charge in [0.1, 0.15) is 0 Å². The second-order valence-corrected chi connectivity index (χ2v) is 5.66. The van der Waals surface area contributed by atoms with Gasteiger partial charge in [-0.2, -0.15) is 0 Å². The van der Waals surface area contributed by atoms with Crippen LogP contribution in [0.2, 0.25) is 0 Å². The van der Waals surface area contributed by atoms with Gasteiger partial charge in [-0.3, -0.25) is 0 Å². The van der Waals surface area contributed by atoms with E-state index in [-0.39, 0.29) is 27.4 Å². The van der Waals surface area contributed by atoms with Crippen molar-refractivity contribution in [2.45, 2.75) is 13.3 Å². The third-order valence-electron chi connectivity index (χ3n) is 2.44. The molecule has 0 spiro atoms. The molecule has 0 atom stereocenters. The fraction of sp³-hybridized carbons (Fsp3) is 0.364. The van der Waals surface area contributed by atoms with Crippen LogP contribution < -0.4 is 29.9 Å². The number of benzene rings is 1.